The first-order chi connectivity index (χ1) is 16.3. The molecule has 2 aromatic carbocycles. The molecule has 2 aliphatic heterocycles. The zero-order valence-corrected chi connectivity index (χ0v) is 20.9. The zero-order chi connectivity index (χ0) is 24.2. The van der Waals surface area contributed by atoms with E-state index in [2.05, 4.69) is 10.2 Å². The lowest BCUT2D eigenvalue weighted by Gasteiger charge is -2.41. The van der Waals surface area contributed by atoms with Crippen LogP contribution in [0.5, 0.6) is 5.75 Å². The first-order valence-corrected chi connectivity index (χ1v) is 12.4. The Labute approximate surface area is 208 Å². The number of nitrogens with one attached hydrogen (secondary N) is 1. The fraction of sp³-hybridized carbons (Fsp3) is 0.320. The molecule has 178 valence electrons. The van der Waals surface area contributed by atoms with Gasteiger partial charge in [0, 0.05) is 37.1 Å². The summed E-state index contributed by atoms with van der Waals surface area (Å²) in [6, 6.07) is 14.3. The third-order valence-corrected chi connectivity index (χ3v) is 6.92. The molecule has 7 nitrogen and oxygen atoms in total. The van der Waals surface area contributed by atoms with E-state index in [1.807, 2.05) is 31.2 Å². The zero-order valence-electron chi connectivity index (χ0n) is 19.4. The Bertz CT molecular complexity index is 1130. The van der Waals surface area contributed by atoms with Crippen LogP contribution in [-0.4, -0.2) is 59.8 Å². The van der Waals surface area contributed by atoms with E-state index in [0.717, 1.165) is 35.1 Å². The number of hydrogen-bond donors (Lipinski definition) is 1. The average Bonchev–Trinajstić information content (AvgIpc) is 2.83. The van der Waals surface area contributed by atoms with E-state index in [-0.39, 0.29) is 24.5 Å². The Morgan fingerprint density at radius 3 is 2.56 bits per heavy atom. The third kappa shape index (κ3) is 5.39. The third-order valence-electron chi connectivity index (χ3n) is 5.59. The Morgan fingerprint density at radius 2 is 1.88 bits per heavy atom. The molecule has 0 unspecified atom stereocenters. The number of thioether (sulfide) groups is 1. The summed E-state index contributed by atoms with van der Waals surface area (Å²) < 4.78 is 5.51. The van der Waals surface area contributed by atoms with Crippen LogP contribution >= 0.6 is 23.4 Å². The summed E-state index contributed by atoms with van der Waals surface area (Å²) in [5.74, 6) is 1.29. The summed E-state index contributed by atoms with van der Waals surface area (Å²) in [5, 5.41) is 4.42. The van der Waals surface area contributed by atoms with E-state index in [1.165, 1.54) is 0 Å². The standard InChI is InChI=1S/C25H27ClN4O3S/c1-16-22(24(32)29(2)3)23(30-13-4-14-34-25(30)27-16)17-5-9-19(10-6-17)28-21(31)15-33-20-11-7-18(26)8-12-20/h5-12,23H,4,13-15H2,1-3H3,(H,28,31)/t23-/m0/s1. The second-order valence-corrected chi connectivity index (χ2v) is 9.80. The highest BCUT2D eigenvalue weighted by Gasteiger charge is 2.37. The van der Waals surface area contributed by atoms with Crippen molar-refractivity contribution in [2.24, 2.45) is 4.99 Å². The number of carbonyl (C=O) groups is 2. The van der Waals surface area contributed by atoms with Crippen molar-refractivity contribution in [2.75, 3.05) is 38.3 Å². The van der Waals surface area contributed by atoms with Crippen molar-refractivity contribution in [3.63, 3.8) is 0 Å². The molecule has 0 radical (unpaired) electrons. The van der Waals surface area contributed by atoms with Crippen LogP contribution in [0.1, 0.15) is 24.9 Å². The molecule has 34 heavy (non-hydrogen) atoms. The van der Waals surface area contributed by atoms with Crippen LogP contribution in [0, 0.1) is 0 Å². The number of nitrogens with zero attached hydrogens (tertiary/aromatic N) is 3. The van der Waals surface area contributed by atoms with Crippen molar-refractivity contribution in [2.45, 2.75) is 19.4 Å². The van der Waals surface area contributed by atoms with E-state index in [4.69, 9.17) is 21.3 Å². The largest absolute Gasteiger partial charge is 0.484 e. The van der Waals surface area contributed by atoms with Crippen LogP contribution in [0.3, 0.4) is 0 Å². The number of aliphatic imine (C=N–C) groups is 1. The second-order valence-electron chi connectivity index (χ2n) is 8.30. The van der Waals surface area contributed by atoms with E-state index < -0.39 is 0 Å². The highest BCUT2D eigenvalue weighted by molar-refractivity contribution is 8.13. The molecular weight excluding hydrogens is 472 g/mol. The van der Waals surface area contributed by atoms with E-state index in [0.29, 0.717) is 22.0 Å². The van der Waals surface area contributed by atoms with Crippen molar-refractivity contribution < 1.29 is 14.3 Å². The van der Waals surface area contributed by atoms with E-state index in [1.54, 1.807) is 55.0 Å². The molecule has 0 aromatic heterocycles. The molecule has 1 saturated heterocycles. The minimum atomic E-state index is -0.263. The monoisotopic (exact) mass is 498 g/mol. The molecule has 1 atom stereocenters. The van der Waals surface area contributed by atoms with Gasteiger partial charge in [-0.1, -0.05) is 35.5 Å². The molecule has 0 bridgehead atoms. The van der Waals surface area contributed by atoms with Gasteiger partial charge in [0.15, 0.2) is 11.8 Å². The maximum absolute atomic E-state index is 13.1. The summed E-state index contributed by atoms with van der Waals surface area (Å²) in [7, 11) is 3.52. The topological polar surface area (TPSA) is 74.2 Å². The number of benzene rings is 2. The van der Waals surface area contributed by atoms with Crippen molar-refractivity contribution >= 4 is 46.0 Å². The van der Waals surface area contributed by atoms with E-state index in [9.17, 15) is 9.59 Å². The van der Waals surface area contributed by atoms with Crippen LogP contribution < -0.4 is 10.1 Å². The maximum atomic E-state index is 13.1. The van der Waals surface area contributed by atoms with E-state index >= 15 is 0 Å². The molecule has 2 aromatic rings. The second kappa shape index (κ2) is 10.5. The number of halogens is 1. The highest BCUT2D eigenvalue weighted by Crippen LogP contribution is 2.40. The van der Waals surface area contributed by atoms with Gasteiger partial charge in [-0.2, -0.15) is 0 Å². The quantitative estimate of drug-likeness (QED) is 0.631. The molecular formula is C25H27ClN4O3S. The minimum absolute atomic E-state index is 0.0439. The lowest BCUT2D eigenvalue weighted by molar-refractivity contribution is -0.125. The molecule has 1 fully saturated rings. The van der Waals surface area contributed by atoms with Crippen LogP contribution in [0.15, 0.2) is 64.8 Å². The lowest BCUT2D eigenvalue weighted by Crippen LogP contribution is -2.43. The SMILES string of the molecule is CC1=C(C(=O)N(C)C)[C@H](c2ccc(NC(=O)COc3ccc(Cl)cc3)cc2)N2CCCSC2=N1. The van der Waals surface area contributed by atoms with Crippen molar-refractivity contribution in [1.82, 2.24) is 9.80 Å². The van der Waals surface area contributed by atoms with Crippen molar-refractivity contribution in [3.8, 4) is 5.75 Å². The number of likely N-dealkylation sites (N-methyl/N-ethyl adjacent to an activating group) is 1. The predicted molar refractivity (Wildman–Crippen MR) is 137 cm³/mol. The summed E-state index contributed by atoms with van der Waals surface area (Å²) in [6.07, 6.45) is 1.03. The van der Waals surface area contributed by atoms with Gasteiger partial charge in [0.2, 0.25) is 0 Å². The molecule has 2 heterocycles. The molecule has 2 aliphatic rings. The van der Waals surface area contributed by atoms with Crippen LogP contribution in [0.25, 0.3) is 0 Å². The number of ether oxygens (including phenoxy) is 1. The lowest BCUT2D eigenvalue weighted by atomic mass is 9.93. The van der Waals surface area contributed by atoms with Crippen LogP contribution in [0.4, 0.5) is 5.69 Å². The van der Waals surface area contributed by atoms with Gasteiger partial charge in [0.05, 0.1) is 17.3 Å². The van der Waals surface area contributed by atoms with Gasteiger partial charge in [-0.25, -0.2) is 4.99 Å². The molecule has 9 heteroatoms. The van der Waals surface area contributed by atoms with Gasteiger partial charge in [0.1, 0.15) is 5.75 Å². The summed E-state index contributed by atoms with van der Waals surface area (Å²) in [4.78, 5) is 34.0. The smallest absolute Gasteiger partial charge is 0.262 e. The Kier molecular flexibility index (Phi) is 7.48. The first kappa shape index (κ1) is 24.2. The Balaban J connectivity index is 1.49. The number of amides is 2. The fourth-order valence-electron chi connectivity index (χ4n) is 3.96. The van der Waals surface area contributed by atoms with Gasteiger partial charge in [-0.3, -0.25) is 9.59 Å². The number of amidine groups is 1. The van der Waals surface area contributed by atoms with Gasteiger partial charge >= 0.3 is 0 Å². The number of allylic oxidation sites excluding steroid dienone is 1. The van der Waals surface area contributed by atoms with Gasteiger partial charge in [0.25, 0.3) is 11.8 Å². The van der Waals surface area contributed by atoms with Gasteiger partial charge < -0.3 is 19.9 Å². The predicted octanol–water partition coefficient (Wildman–Crippen LogP) is 4.57. The molecule has 4 rings (SSSR count). The summed E-state index contributed by atoms with van der Waals surface area (Å²) in [5.41, 5.74) is 3.08. The Hall–Kier alpha value is -2.97. The van der Waals surface area contributed by atoms with Crippen LogP contribution in [0.2, 0.25) is 5.02 Å². The first-order valence-electron chi connectivity index (χ1n) is 11.0. The number of fused-ring (bicyclic) bond motifs is 1. The number of carbonyl (C=O) groups excluding carboxylic acids is 2. The van der Waals surface area contributed by atoms with Gasteiger partial charge in [-0.05, 0) is 55.3 Å². The average molecular weight is 499 g/mol. The fourth-order valence-corrected chi connectivity index (χ4v) is 5.10. The molecule has 0 saturated carbocycles. The van der Waals surface area contributed by atoms with Crippen LogP contribution in [-0.2, 0) is 9.59 Å². The van der Waals surface area contributed by atoms with Crippen molar-refractivity contribution in [1.29, 1.82) is 0 Å². The van der Waals surface area contributed by atoms with Crippen molar-refractivity contribution in [3.05, 3.63) is 70.4 Å². The van der Waals surface area contributed by atoms with Gasteiger partial charge in [-0.15, -0.1) is 0 Å². The Morgan fingerprint density at radius 1 is 1.18 bits per heavy atom. The minimum Gasteiger partial charge on any atom is -0.484 e. The number of hydrogen-bond acceptors (Lipinski definition) is 6. The summed E-state index contributed by atoms with van der Waals surface area (Å²) in [6.45, 7) is 2.63. The normalized spacial score (nSPS) is 17.6. The maximum Gasteiger partial charge on any atom is 0.262 e. The molecule has 1 N–H and O–H groups in total. The number of anilines is 1. The molecule has 2 amide bonds. The summed E-state index contributed by atoms with van der Waals surface area (Å²) >= 11 is 7.59. The molecule has 0 aliphatic carbocycles. The number of rotatable bonds is 6. The highest BCUT2D eigenvalue weighted by atomic mass is 35.5. The molecule has 0 spiro atoms.